The van der Waals surface area contributed by atoms with Crippen LogP contribution < -0.4 is 5.32 Å². The zero-order valence-electron chi connectivity index (χ0n) is 16.7. The molecule has 1 aromatic carbocycles. The van der Waals surface area contributed by atoms with Crippen LogP contribution in [0.4, 0.5) is 5.69 Å². The molecule has 29 heavy (non-hydrogen) atoms. The van der Waals surface area contributed by atoms with E-state index in [4.69, 9.17) is 4.74 Å². The molecule has 1 atom stereocenters. The van der Waals surface area contributed by atoms with Crippen molar-refractivity contribution in [2.24, 2.45) is 5.92 Å². The number of aryl methyl sites for hydroxylation is 1. The zero-order valence-corrected chi connectivity index (χ0v) is 18.4. The predicted octanol–water partition coefficient (Wildman–Crippen LogP) is 3.45. The molecule has 2 aliphatic rings. The SMILES string of the molecule is Cc1ccc(NC(=O)c2csc3c2CCC(C)C3)cc1S(=O)(=O)N1CCOCC1. The van der Waals surface area contributed by atoms with Crippen LogP contribution in [-0.4, -0.2) is 44.9 Å². The third-order valence-corrected chi connectivity index (χ3v) is 8.77. The highest BCUT2D eigenvalue weighted by atomic mass is 32.2. The number of nitrogens with one attached hydrogen (secondary N) is 1. The Balaban J connectivity index is 1.57. The standard InChI is InChI=1S/C21H26N2O4S2/c1-14-3-6-17-18(13-28-19(17)11-14)21(24)22-16-5-4-15(2)20(12-16)29(25,26)23-7-9-27-10-8-23/h4-5,12-14H,3,6-11H2,1-2H3,(H,22,24). The Bertz CT molecular complexity index is 1020. The van der Waals surface area contributed by atoms with Gasteiger partial charge in [-0.1, -0.05) is 13.0 Å². The summed E-state index contributed by atoms with van der Waals surface area (Å²) in [7, 11) is -3.62. The van der Waals surface area contributed by atoms with E-state index in [2.05, 4.69) is 12.2 Å². The maximum Gasteiger partial charge on any atom is 0.256 e. The Kier molecular flexibility index (Phi) is 5.79. The number of sulfonamides is 1. The number of hydrogen-bond donors (Lipinski definition) is 1. The quantitative estimate of drug-likeness (QED) is 0.800. The van der Waals surface area contributed by atoms with Gasteiger partial charge in [-0.25, -0.2) is 8.42 Å². The van der Waals surface area contributed by atoms with Crippen molar-refractivity contribution in [3.05, 3.63) is 45.1 Å². The van der Waals surface area contributed by atoms with Gasteiger partial charge in [0.1, 0.15) is 0 Å². The van der Waals surface area contributed by atoms with Crippen molar-refractivity contribution in [2.45, 2.75) is 38.0 Å². The molecule has 0 saturated carbocycles. The molecule has 2 heterocycles. The maximum absolute atomic E-state index is 13.1. The van der Waals surface area contributed by atoms with Crippen molar-refractivity contribution < 1.29 is 17.9 Å². The van der Waals surface area contributed by atoms with Crippen molar-refractivity contribution in [2.75, 3.05) is 31.6 Å². The lowest BCUT2D eigenvalue weighted by Gasteiger charge is -2.26. The summed E-state index contributed by atoms with van der Waals surface area (Å²) in [4.78, 5) is 14.4. The molecule has 1 saturated heterocycles. The van der Waals surface area contributed by atoms with E-state index in [0.29, 0.717) is 43.5 Å². The predicted molar refractivity (Wildman–Crippen MR) is 114 cm³/mol. The van der Waals surface area contributed by atoms with Gasteiger partial charge < -0.3 is 10.1 Å². The van der Waals surface area contributed by atoms with Gasteiger partial charge in [0.2, 0.25) is 10.0 Å². The summed E-state index contributed by atoms with van der Waals surface area (Å²) in [6.07, 6.45) is 3.05. The Hall–Kier alpha value is -1.74. The Labute approximate surface area is 175 Å². The number of nitrogens with zero attached hydrogens (tertiary/aromatic N) is 1. The summed E-state index contributed by atoms with van der Waals surface area (Å²) in [6, 6.07) is 5.07. The number of anilines is 1. The van der Waals surface area contributed by atoms with Crippen molar-refractivity contribution in [1.82, 2.24) is 4.31 Å². The summed E-state index contributed by atoms with van der Waals surface area (Å²) in [5.41, 5.74) is 3.03. The van der Waals surface area contributed by atoms with E-state index in [1.807, 2.05) is 5.38 Å². The molecule has 1 aromatic heterocycles. The van der Waals surface area contributed by atoms with Gasteiger partial charge in [-0.2, -0.15) is 4.31 Å². The van der Waals surface area contributed by atoms with Crippen molar-refractivity contribution in [3.8, 4) is 0 Å². The van der Waals surface area contributed by atoms with E-state index < -0.39 is 10.0 Å². The Morgan fingerprint density at radius 1 is 1.28 bits per heavy atom. The number of hydrogen-bond acceptors (Lipinski definition) is 5. The highest BCUT2D eigenvalue weighted by Gasteiger charge is 2.28. The minimum atomic E-state index is -3.62. The van der Waals surface area contributed by atoms with Crippen LogP contribution in [0, 0.1) is 12.8 Å². The maximum atomic E-state index is 13.1. The molecule has 1 aliphatic carbocycles. The second-order valence-electron chi connectivity index (χ2n) is 7.85. The molecule has 1 amide bonds. The molecule has 1 unspecified atom stereocenters. The summed E-state index contributed by atoms with van der Waals surface area (Å²) in [5.74, 6) is 0.484. The minimum absolute atomic E-state index is 0.171. The Morgan fingerprint density at radius 2 is 2.03 bits per heavy atom. The van der Waals surface area contributed by atoms with Gasteiger partial charge in [-0.15, -0.1) is 11.3 Å². The van der Waals surface area contributed by atoms with E-state index in [9.17, 15) is 13.2 Å². The van der Waals surface area contributed by atoms with E-state index in [1.165, 1.54) is 9.18 Å². The fourth-order valence-electron chi connectivity index (χ4n) is 3.95. The Morgan fingerprint density at radius 3 is 2.79 bits per heavy atom. The largest absolute Gasteiger partial charge is 0.379 e. The first-order chi connectivity index (χ1) is 13.9. The fourth-order valence-corrected chi connectivity index (χ4v) is 6.85. The van der Waals surface area contributed by atoms with Gasteiger partial charge in [0.15, 0.2) is 0 Å². The number of morpholine rings is 1. The number of thiophene rings is 1. The van der Waals surface area contributed by atoms with Gasteiger partial charge in [0, 0.05) is 29.0 Å². The molecule has 6 nitrogen and oxygen atoms in total. The third kappa shape index (κ3) is 4.12. The summed E-state index contributed by atoms with van der Waals surface area (Å²) in [5, 5.41) is 4.84. The molecule has 1 aliphatic heterocycles. The zero-order chi connectivity index (χ0) is 20.6. The molecule has 0 bridgehead atoms. The normalized spacial score (nSPS) is 20.3. The molecule has 8 heteroatoms. The van der Waals surface area contributed by atoms with E-state index in [0.717, 1.165) is 30.4 Å². The number of benzene rings is 1. The van der Waals surface area contributed by atoms with Gasteiger partial charge in [0.25, 0.3) is 5.91 Å². The van der Waals surface area contributed by atoms with Crippen LogP contribution in [0.25, 0.3) is 0 Å². The summed E-state index contributed by atoms with van der Waals surface area (Å²) in [6.45, 7) is 5.50. The molecule has 1 fully saturated rings. The van der Waals surface area contributed by atoms with Crippen LogP contribution in [0.2, 0.25) is 0 Å². The van der Waals surface area contributed by atoms with Crippen molar-refractivity contribution in [1.29, 1.82) is 0 Å². The first-order valence-electron chi connectivity index (χ1n) is 9.95. The monoisotopic (exact) mass is 434 g/mol. The highest BCUT2D eigenvalue weighted by molar-refractivity contribution is 7.89. The van der Waals surface area contributed by atoms with Gasteiger partial charge in [-0.3, -0.25) is 4.79 Å². The highest BCUT2D eigenvalue weighted by Crippen LogP contribution is 2.33. The van der Waals surface area contributed by atoms with Crippen LogP contribution in [-0.2, 0) is 27.6 Å². The second-order valence-corrected chi connectivity index (χ2v) is 10.7. The fraction of sp³-hybridized carbons (Fsp3) is 0.476. The smallest absolute Gasteiger partial charge is 0.256 e. The molecule has 156 valence electrons. The average Bonchev–Trinajstić information content (AvgIpc) is 3.13. The minimum Gasteiger partial charge on any atom is -0.379 e. The third-order valence-electron chi connectivity index (χ3n) is 5.68. The van der Waals surface area contributed by atoms with E-state index in [-0.39, 0.29) is 10.8 Å². The first kappa shape index (κ1) is 20.5. The lowest BCUT2D eigenvalue weighted by atomic mass is 9.88. The van der Waals surface area contributed by atoms with E-state index >= 15 is 0 Å². The summed E-state index contributed by atoms with van der Waals surface area (Å²) >= 11 is 1.65. The number of ether oxygens (including phenoxy) is 1. The van der Waals surface area contributed by atoms with E-state index in [1.54, 1.807) is 36.5 Å². The molecule has 1 N–H and O–H groups in total. The number of carbonyl (C=O) groups is 1. The summed E-state index contributed by atoms with van der Waals surface area (Å²) < 4.78 is 32.8. The van der Waals surface area contributed by atoms with Gasteiger partial charge >= 0.3 is 0 Å². The van der Waals surface area contributed by atoms with Crippen LogP contribution in [0.15, 0.2) is 28.5 Å². The average molecular weight is 435 g/mol. The van der Waals surface area contributed by atoms with Crippen LogP contribution in [0.1, 0.15) is 39.7 Å². The van der Waals surface area contributed by atoms with Crippen molar-refractivity contribution >= 4 is 33.0 Å². The first-order valence-corrected chi connectivity index (χ1v) is 12.3. The molecule has 0 radical (unpaired) electrons. The van der Waals surface area contributed by atoms with Gasteiger partial charge in [0.05, 0.1) is 23.7 Å². The van der Waals surface area contributed by atoms with Crippen LogP contribution in [0.5, 0.6) is 0 Å². The molecular formula is C21H26N2O4S2. The van der Waals surface area contributed by atoms with Crippen molar-refractivity contribution in [3.63, 3.8) is 0 Å². The molecule has 2 aromatic rings. The molecule has 0 spiro atoms. The lowest BCUT2D eigenvalue weighted by molar-refractivity contribution is 0.0730. The van der Waals surface area contributed by atoms with Crippen LogP contribution in [0.3, 0.4) is 0 Å². The van der Waals surface area contributed by atoms with Gasteiger partial charge in [-0.05, 0) is 55.4 Å². The lowest BCUT2D eigenvalue weighted by Crippen LogP contribution is -2.40. The number of fused-ring (bicyclic) bond motifs is 1. The molecular weight excluding hydrogens is 408 g/mol. The number of carbonyl (C=O) groups excluding carboxylic acids is 1. The topological polar surface area (TPSA) is 75.7 Å². The second kappa shape index (κ2) is 8.18. The molecule has 4 rings (SSSR count). The van der Waals surface area contributed by atoms with Crippen LogP contribution >= 0.6 is 11.3 Å². The number of amides is 1. The number of rotatable bonds is 4.